The molecule has 0 aliphatic carbocycles. The number of anilines is 1. The third-order valence-corrected chi connectivity index (χ3v) is 5.09. The van der Waals surface area contributed by atoms with Crippen molar-refractivity contribution in [3.63, 3.8) is 0 Å². The van der Waals surface area contributed by atoms with E-state index in [1.165, 1.54) is 5.56 Å². The van der Waals surface area contributed by atoms with Crippen LogP contribution in [0.15, 0.2) is 54.6 Å². The van der Waals surface area contributed by atoms with Crippen molar-refractivity contribution in [1.82, 2.24) is 10.2 Å². The molecule has 2 aromatic carbocycles. The minimum Gasteiger partial charge on any atom is -0.484 e. The van der Waals surface area contributed by atoms with E-state index in [2.05, 4.69) is 15.5 Å². The maximum absolute atomic E-state index is 12.7. The van der Waals surface area contributed by atoms with Gasteiger partial charge in [-0.25, -0.2) is 0 Å². The molecular formula is C23H31N3O3S. The van der Waals surface area contributed by atoms with Crippen molar-refractivity contribution in [3.05, 3.63) is 60.2 Å². The molecule has 0 aliphatic heterocycles. The highest BCUT2D eigenvalue weighted by Crippen LogP contribution is 2.12. The molecular weight excluding hydrogens is 398 g/mol. The van der Waals surface area contributed by atoms with Crippen LogP contribution >= 0.6 is 11.8 Å². The second kappa shape index (κ2) is 12.9. The molecule has 0 aromatic heterocycles. The fraction of sp³-hybridized carbons (Fsp3) is 0.391. The van der Waals surface area contributed by atoms with Gasteiger partial charge in [0.05, 0.1) is 0 Å². The molecule has 0 bridgehead atoms. The number of benzene rings is 2. The standard InChI is InChI=1S/C23H31N3O3S/c1-26(2)15-13-18-9-11-19(12-10-18)24-23(28)21(14-16-30-3)25-22(27)17-29-20-7-5-4-6-8-20/h4-12,21H,13-17H2,1-3H3,(H,24,28)(H,25,27). The SMILES string of the molecule is CSCCC(NC(=O)COc1ccccc1)C(=O)Nc1ccc(CCN(C)C)cc1. The molecule has 30 heavy (non-hydrogen) atoms. The van der Waals surface area contributed by atoms with Crippen LogP contribution in [0.5, 0.6) is 5.75 Å². The van der Waals surface area contributed by atoms with Gasteiger partial charge in [-0.3, -0.25) is 9.59 Å². The second-order valence-electron chi connectivity index (χ2n) is 7.24. The van der Waals surface area contributed by atoms with Crippen LogP contribution in [0.3, 0.4) is 0 Å². The van der Waals surface area contributed by atoms with E-state index < -0.39 is 6.04 Å². The average Bonchev–Trinajstić information content (AvgIpc) is 2.75. The minimum absolute atomic E-state index is 0.131. The number of amides is 2. The molecule has 162 valence electrons. The number of hydrogen-bond acceptors (Lipinski definition) is 5. The Morgan fingerprint density at radius 1 is 1.07 bits per heavy atom. The number of rotatable bonds is 12. The summed E-state index contributed by atoms with van der Waals surface area (Å²) in [5.74, 6) is 0.839. The summed E-state index contributed by atoms with van der Waals surface area (Å²) in [7, 11) is 4.09. The Hall–Kier alpha value is -2.51. The van der Waals surface area contributed by atoms with E-state index in [1.807, 2.05) is 62.8 Å². The van der Waals surface area contributed by atoms with Gasteiger partial charge < -0.3 is 20.3 Å². The van der Waals surface area contributed by atoms with Gasteiger partial charge in [0.1, 0.15) is 11.8 Å². The Morgan fingerprint density at radius 2 is 1.77 bits per heavy atom. The molecule has 1 atom stereocenters. The zero-order valence-electron chi connectivity index (χ0n) is 17.9. The van der Waals surface area contributed by atoms with Crippen molar-refractivity contribution < 1.29 is 14.3 Å². The monoisotopic (exact) mass is 429 g/mol. The Balaban J connectivity index is 1.89. The first kappa shape index (κ1) is 23.8. The molecule has 0 radical (unpaired) electrons. The predicted octanol–water partition coefficient (Wildman–Crippen LogP) is 3.05. The number of para-hydroxylation sites is 1. The topological polar surface area (TPSA) is 70.7 Å². The molecule has 0 spiro atoms. The van der Waals surface area contributed by atoms with Crippen molar-refractivity contribution in [2.24, 2.45) is 0 Å². The molecule has 2 amide bonds. The van der Waals surface area contributed by atoms with Gasteiger partial charge in [-0.15, -0.1) is 0 Å². The maximum Gasteiger partial charge on any atom is 0.258 e. The number of hydrogen-bond donors (Lipinski definition) is 2. The van der Waals surface area contributed by atoms with E-state index in [0.29, 0.717) is 12.2 Å². The molecule has 0 saturated carbocycles. The molecule has 0 saturated heterocycles. The van der Waals surface area contributed by atoms with Crippen LogP contribution < -0.4 is 15.4 Å². The Morgan fingerprint density at radius 3 is 2.40 bits per heavy atom. The van der Waals surface area contributed by atoms with Crippen LogP contribution in [0, 0.1) is 0 Å². The van der Waals surface area contributed by atoms with Crippen LogP contribution in [-0.4, -0.2) is 62.0 Å². The third kappa shape index (κ3) is 8.88. The van der Waals surface area contributed by atoms with Crippen molar-refractivity contribution >= 4 is 29.3 Å². The summed E-state index contributed by atoms with van der Waals surface area (Å²) in [4.78, 5) is 27.2. The lowest BCUT2D eigenvalue weighted by Crippen LogP contribution is -2.45. The highest BCUT2D eigenvalue weighted by atomic mass is 32.2. The normalized spacial score (nSPS) is 11.7. The first-order chi connectivity index (χ1) is 14.5. The molecule has 2 rings (SSSR count). The number of nitrogens with one attached hydrogen (secondary N) is 2. The van der Waals surface area contributed by atoms with Crippen molar-refractivity contribution in [3.8, 4) is 5.75 Å². The number of likely N-dealkylation sites (N-methyl/N-ethyl adjacent to an activating group) is 1. The summed E-state index contributed by atoms with van der Waals surface area (Å²) < 4.78 is 5.47. The molecule has 0 aliphatic rings. The van der Waals surface area contributed by atoms with Crippen LogP contribution in [0.4, 0.5) is 5.69 Å². The fourth-order valence-electron chi connectivity index (χ4n) is 2.74. The smallest absolute Gasteiger partial charge is 0.258 e. The molecule has 7 heteroatoms. The summed E-state index contributed by atoms with van der Waals surface area (Å²) >= 11 is 1.63. The highest BCUT2D eigenvalue weighted by molar-refractivity contribution is 7.98. The first-order valence-electron chi connectivity index (χ1n) is 9.98. The van der Waals surface area contributed by atoms with Crippen LogP contribution in [-0.2, 0) is 16.0 Å². The predicted molar refractivity (Wildman–Crippen MR) is 124 cm³/mol. The summed E-state index contributed by atoms with van der Waals surface area (Å²) in [6.07, 6.45) is 3.47. The number of nitrogens with zero attached hydrogens (tertiary/aromatic N) is 1. The minimum atomic E-state index is -0.613. The zero-order chi connectivity index (χ0) is 21.8. The third-order valence-electron chi connectivity index (χ3n) is 4.44. The van der Waals surface area contributed by atoms with Gasteiger partial charge in [-0.1, -0.05) is 30.3 Å². The Labute approximate surface area is 183 Å². The summed E-state index contributed by atoms with van der Waals surface area (Å²) in [5.41, 5.74) is 1.93. The lowest BCUT2D eigenvalue weighted by atomic mass is 10.1. The van der Waals surface area contributed by atoms with Crippen molar-refractivity contribution in [2.45, 2.75) is 18.9 Å². The van der Waals surface area contributed by atoms with Gasteiger partial charge in [-0.2, -0.15) is 11.8 Å². The van der Waals surface area contributed by atoms with Crippen LogP contribution in [0.25, 0.3) is 0 Å². The van der Waals surface area contributed by atoms with Gasteiger partial charge in [-0.05, 0) is 68.8 Å². The number of carbonyl (C=O) groups excluding carboxylic acids is 2. The van der Waals surface area contributed by atoms with Gasteiger partial charge in [0.15, 0.2) is 6.61 Å². The molecule has 2 aromatic rings. The molecule has 6 nitrogen and oxygen atoms in total. The molecule has 0 fully saturated rings. The van der Waals surface area contributed by atoms with Gasteiger partial charge in [0.2, 0.25) is 5.91 Å². The Kier molecular flexibility index (Phi) is 10.2. The van der Waals surface area contributed by atoms with Crippen molar-refractivity contribution in [2.75, 3.05) is 44.6 Å². The average molecular weight is 430 g/mol. The van der Waals surface area contributed by atoms with E-state index in [1.54, 1.807) is 23.9 Å². The molecule has 2 N–H and O–H groups in total. The molecule has 0 heterocycles. The summed E-state index contributed by atoms with van der Waals surface area (Å²) in [6, 6.07) is 16.3. The number of ether oxygens (including phenoxy) is 1. The molecule has 1 unspecified atom stereocenters. The maximum atomic E-state index is 12.7. The second-order valence-corrected chi connectivity index (χ2v) is 8.23. The van der Waals surface area contributed by atoms with Crippen LogP contribution in [0.1, 0.15) is 12.0 Å². The summed E-state index contributed by atoms with van der Waals surface area (Å²) in [6.45, 7) is 0.840. The quantitative estimate of drug-likeness (QED) is 0.543. The summed E-state index contributed by atoms with van der Waals surface area (Å²) in [5, 5.41) is 5.70. The van der Waals surface area contributed by atoms with E-state index in [-0.39, 0.29) is 18.4 Å². The van der Waals surface area contributed by atoms with Crippen molar-refractivity contribution in [1.29, 1.82) is 0 Å². The highest BCUT2D eigenvalue weighted by Gasteiger charge is 2.21. The fourth-order valence-corrected chi connectivity index (χ4v) is 3.21. The van der Waals surface area contributed by atoms with Gasteiger partial charge in [0.25, 0.3) is 5.91 Å². The van der Waals surface area contributed by atoms with Crippen LogP contribution in [0.2, 0.25) is 0 Å². The van der Waals surface area contributed by atoms with Gasteiger partial charge in [0, 0.05) is 12.2 Å². The van der Waals surface area contributed by atoms with E-state index in [0.717, 1.165) is 24.4 Å². The number of carbonyl (C=O) groups is 2. The largest absolute Gasteiger partial charge is 0.484 e. The van der Waals surface area contributed by atoms with Gasteiger partial charge >= 0.3 is 0 Å². The Bertz CT molecular complexity index is 782. The first-order valence-corrected chi connectivity index (χ1v) is 11.4. The van der Waals surface area contributed by atoms with E-state index in [4.69, 9.17) is 4.74 Å². The lowest BCUT2D eigenvalue weighted by Gasteiger charge is -2.18. The van der Waals surface area contributed by atoms with E-state index >= 15 is 0 Å². The lowest BCUT2D eigenvalue weighted by molar-refractivity contribution is -0.127. The number of thioether (sulfide) groups is 1. The van der Waals surface area contributed by atoms with E-state index in [9.17, 15) is 9.59 Å². The zero-order valence-corrected chi connectivity index (χ0v) is 18.7.